The van der Waals surface area contributed by atoms with E-state index in [0.717, 1.165) is 60.2 Å². The lowest BCUT2D eigenvalue weighted by Gasteiger charge is -2.59. The molecule has 6 rings (SSSR count). The molecule has 6 aliphatic rings. The van der Waals surface area contributed by atoms with E-state index in [0.29, 0.717) is 16.9 Å². The van der Waals surface area contributed by atoms with Crippen LogP contribution >= 0.6 is 0 Å². The van der Waals surface area contributed by atoms with Crippen molar-refractivity contribution in [3.63, 3.8) is 0 Å². The van der Waals surface area contributed by atoms with Gasteiger partial charge in [0.05, 0.1) is 12.2 Å². The number of hydrogen-bond acceptors (Lipinski definition) is 2. The van der Waals surface area contributed by atoms with Crippen molar-refractivity contribution >= 4 is 0 Å². The number of aliphatic hydroxyl groups is 1. The third kappa shape index (κ3) is 2.95. The molecular formula is C29H48O2. The Balaban J connectivity index is 1.17. The van der Waals surface area contributed by atoms with Gasteiger partial charge in [0.2, 0.25) is 0 Å². The van der Waals surface area contributed by atoms with E-state index in [4.69, 9.17) is 4.74 Å². The minimum absolute atomic E-state index is 0.0426. The van der Waals surface area contributed by atoms with E-state index in [1.807, 2.05) is 0 Å². The minimum atomic E-state index is -0.124. The molecule has 0 aromatic carbocycles. The third-order valence-electron chi connectivity index (χ3n) is 12.8. The number of epoxide rings is 1. The molecule has 0 amide bonds. The molecule has 1 saturated heterocycles. The minimum Gasteiger partial charge on any atom is -0.393 e. The molecule has 5 saturated carbocycles. The molecule has 0 radical (unpaired) electrons. The summed E-state index contributed by atoms with van der Waals surface area (Å²) in [4.78, 5) is 0. The Morgan fingerprint density at radius 2 is 1.68 bits per heavy atom. The lowest BCUT2D eigenvalue weighted by molar-refractivity contribution is -0.116. The topological polar surface area (TPSA) is 32.8 Å². The fourth-order valence-corrected chi connectivity index (χ4v) is 10.7. The Morgan fingerprint density at radius 3 is 2.42 bits per heavy atom. The average molecular weight is 429 g/mol. The smallest absolute Gasteiger partial charge is 0.103 e. The van der Waals surface area contributed by atoms with Crippen LogP contribution in [0.5, 0.6) is 0 Å². The first-order chi connectivity index (χ1) is 14.7. The average Bonchev–Trinajstić information content (AvgIpc) is 3.59. The summed E-state index contributed by atoms with van der Waals surface area (Å²) in [6.07, 6.45) is 14.9. The first-order valence-electron chi connectivity index (χ1n) is 14.1. The summed E-state index contributed by atoms with van der Waals surface area (Å²) in [6.45, 7) is 12.8. The van der Waals surface area contributed by atoms with Gasteiger partial charge in [0, 0.05) is 11.8 Å². The van der Waals surface area contributed by atoms with Crippen LogP contribution in [-0.4, -0.2) is 22.9 Å². The molecule has 6 fully saturated rings. The maximum absolute atomic E-state index is 10.4. The zero-order valence-electron chi connectivity index (χ0n) is 20.9. The molecule has 0 aromatic rings. The molecule has 0 aromatic heterocycles. The van der Waals surface area contributed by atoms with Gasteiger partial charge in [0.25, 0.3) is 0 Å². The molecule has 1 spiro atoms. The number of aliphatic hydroxyl groups excluding tert-OH is 1. The van der Waals surface area contributed by atoms with Crippen molar-refractivity contribution in [3.8, 4) is 0 Å². The van der Waals surface area contributed by atoms with Gasteiger partial charge in [-0.15, -0.1) is 0 Å². The van der Waals surface area contributed by atoms with Crippen molar-refractivity contribution in [2.75, 3.05) is 0 Å². The summed E-state index contributed by atoms with van der Waals surface area (Å²) in [5.74, 6) is 7.44. The summed E-state index contributed by atoms with van der Waals surface area (Å²) in [6, 6.07) is 0. The van der Waals surface area contributed by atoms with Crippen molar-refractivity contribution in [1.82, 2.24) is 0 Å². The predicted octanol–water partition coefficient (Wildman–Crippen LogP) is 6.85. The van der Waals surface area contributed by atoms with Gasteiger partial charge in [0.1, 0.15) is 5.60 Å². The van der Waals surface area contributed by atoms with E-state index < -0.39 is 0 Å². The van der Waals surface area contributed by atoms with Crippen LogP contribution in [0.1, 0.15) is 105 Å². The third-order valence-corrected chi connectivity index (χ3v) is 12.8. The van der Waals surface area contributed by atoms with E-state index in [9.17, 15) is 5.11 Å². The second-order valence-electron chi connectivity index (χ2n) is 14.1. The summed E-state index contributed by atoms with van der Waals surface area (Å²) in [5.41, 5.74) is 0.929. The first-order valence-corrected chi connectivity index (χ1v) is 14.1. The highest BCUT2D eigenvalue weighted by atomic mass is 16.6. The second kappa shape index (κ2) is 6.97. The van der Waals surface area contributed by atoms with E-state index in [1.165, 1.54) is 57.8 Å². The highest BCUT2D eigenvalue weighted by Crippen LogP contribution is 2.74. The van der Waals surface area contributed by atoms with E-state index in [-0.39, 0.29) is 11.7 Å². The lowest BCUT2D eigenvalue weighted by atomic mass is 9.44. The van der Waals surface area contributed by atoms with Crippen LogP contribution < -0.4 is 0 Å². The van der Waals surface area contributed by atoms with Gasteiger partial charge in [-0.1, -0.05) is 47.5 Å². The summed E-state index contributed by atoms with van der Waals surface area (Å²) in [5, 5.41) is 10.4. The monoisotopic (exact) mass is 428 g/mol. The zero-order valence-corrected chi connectivity index (χ0v) is 20.9. The Kier molecular flexibility index (Phi) is 4.82. The largest absolute Gasteiger partial charge is 0.393 e. The van der Waals surface area contributed by atoms with E-state index >= 15 is 0 Å². The van der Waals surface area contributed by atoms with E-state index in [1.54, 1.807) is 0 Å². The summed E-state index contributed by atoms with van der Waals surface area (Å²) in [7, 11) is 0. The Hall–Kier alpha value is -0.0800. The molecule has 1 heterocycles. The number of rotatable bonds is 5. The van der Waals surface area contributed by atoms with Gasteiger partial charge in [-0.2, -0.15) is 0 Å². The second-order valence-corrected chi connectivity index (χ2v) is 14.1. The maximum Gasteiger partial charge on any atom is 0.103 e. The lowest BCUT2D eigenvalue weighted by Crippen LogP contribution is -2.58. The quantitative estimate of drug-likeness (QED) is 0.486. The summed E-state index contributed by atoms with van der Waals surface area (Å²) < 4.78 is 6.53. The standard InChI is InChI=1S/C29H48O2/c1-17(21-14-19(21)3)6-7-18(2)23-8-9-24-22-15-26-29(31-26)16-20(30)10-13-28(29,5)25(22)11-12-27(23,24)4/h17-26,30H,6-16H2,1-5H3/t17-,18-,19-,20+,21+,22?,23-,24?,25?,26+,27-,28-,29+/m1/s1. The fourth-order valence-electron chi connectivity index (χ4n) is 10.7. The highest BCUT2D eigenvalue weighted by molar-refractivity contribution is 5.24. The van der Waals surface area contributed by atoms with Crippen LogP contribution in [0.4, 0.5) is 0 Å². The fraction of sp³-hybridized carbons (Fsp3) is 1.00. The van der Waals surface area contributed by atoms with Gasteiger partial charge in [-0.25, -0.2) is 0 Å². The van der Waals surface area contributed by atoms with Crippen LogP contribution in [0.2, 0.25) is 0 Å². The summed E-state index contributed by atoms with van der Waals surface area (Å²) >= 11 is 0. The van der Waals surface area contributed by atoms with Crippen molar-refractivity contribution in [3.05, 3.63) is 0 Å². The van der Waals surface area contributed by atoms with Crippen molar-refractivity contribution < 1.29 is 9.84 Å². The highest BCUT2D eigenvalue weighted by Gasteiger charge is 2.76. The van der Waals surface area contributed by atoms with Gasteiger partial charge >= 0.3 is 0 Å². The van der Waals surface area contributed by atoms with Crippen LogP contribution in [0.15, 0.2) is 0 Å². The zero-order chi connectivity index (χ0) is 21.8. The molecule has 2 nitrogen and oxygen atoms in total. The molecule has 1 aliphatic heterocycles. The molecule has 13 atom stereocenters. The van der Waals surface area contributed by atoms with Crippen LogP contribution in [-0.2, 0) is 4.74 Å². The van der Waals surface area contributed by atoms with Gasteiger partial charge in [0.15, 0.2) is 0 Å². The Labute approximate surface area is 191 Å². The van der Waals surface area contributed by atoms with Gasteiger partial charge in [-0.05, 0) is 104 Å². The molecule has 2 heteroatoms. The molecule has 0 bridgehead atoms. The normalized spacial score (nSPS) is 59.0. The number of fused-ring (bicyclic) bond motifs is 4. The maximum atomic E-state index is 10.4. The van der Waals surface area contributed by atoms with Gasteiger partial charge < -0.3 is 9.84 Å². The molecule has 1 N–H and O–H groups in total. The molecule has 5 aliphatic carbocycles. The van der Waals surface area contributed by atoms with Crippen LogP contribution in [0, 0.1) is 58.2 Å². The SMILES string of the molecule is C[C@H](CC[C@@H](C)[C@H]1CCC2C3C[C@@H]4O[C@@]45C[C@@H](O)CC[C@]5(C)C3CC[C@@]21C)[C@@H]1C[C@H]1C. The van der Waals surface area contributed by atoms with Crippen LogP contribution in [0.25, 0.3) is 0 Å². The molecule has 176 valence electrons. The first kappa shape index (κ1) is 21.5. The molecule has 31 heavy (non-hydrogen) atoms. The van der Waals surface area contributed by atoms with Crippen molar-refractivity contribution in [2.24, 2.45) is 58.2 Å². The number of hydrogen-bond donors (Lipinski definition) is 1. The predicted molar refractivity (Wildman–Crippen MR) is 126 cm³/mol. The van der Waals surface area contributed by atoms with Crippen LogP contribution in [0.3, 0.4) is 0 Å². The van der Waals surface area contributed by atoms with E-state index in [2.05, 4.69) is 34.6 Å². The van der Waals surface area contributed by atoms with Crippen molar-refractivity contribution in [2.45, 2.75) is 123 Å². The Morgan fingerprint density at radius 1 is 0.935 bits per heavy atom. The Bertz CT molecular complexity index is 720. The molecule has 3 unspecified atom stereocenters. The number of ether oxygens (including phenoxy) is 1. The van der Waals surface area contributed by atoms with Gasteiger partial charge in [-0.3, -0.25) is 0 Å². The van der Waals surface area contributed by atoms with Crippen molar-refractivity contribution in [1.29, 1.82) is 0 Å². The molecular weight excluding hydrogens is 380 g/mol.